The molecule has 3 rings (SSSR count). The van der Waals surface area contributed by atoms with Gasteiger partial charge in [0.2, 0.25) is 11.8 Å². The summed E-state index contributed by atoms with van der Waals surface area (Å²) in [7, 11) is 0. The summed E-state index contributed by atoms with van der Waals surface area (Å²) in [5, 5.41) is 7.63. The molecule has 1 aliphatic carbocycles. The molecule has 1 aromatic carbocycles. The van der Waals surface area contributed by atoms with Crippen molar-refractivity contribution in [1.29, 1.82) is 0 Å². The first kappa shape index (κ1) is 20.4. The number of carbonyl (C=O) groups excluding carboxylic acids is 2. The molecule has 0 spiro atoms. The standard InChI is InChI=1S/C20H21Cl2N3O3/c21-16-8-6-13(10-17(16)22)18-9-7-15(28-18)12-23-25-20(27)11-19(26)24-14-4-2-1-3-5-14/h6-10,12,14H,1-5,11H2,(H,24,26)(H,25,27)/b23-12-. The summed E-state index contributed by atoms with van der Waals surface area (Å²) in [5.74, 6) is 0.298. The second-order valence-electron chi connectivity index (χ2n) is 6.70. The van der Waals surface area contributed by atoms with Crippen LogP contribution < -0.4 is 10.7 Å². The first-order valence-corrected chi connectivity index (χ1v) is 9.93. The lowest BCUT2D eigenvalue weighted by atomic mass is 9.95. The molecule has 6 nitrogen and oxygen atoms in total. The molecule has 1 aromatic heterocycles. The van der Waals surface area contributed by atoms with Crippen molar-refractivity contribution in [2.75, 3.05) is 0 Å². The molecule has 0 unspecified atom stereocenters. The van der Waals surface area contributed by atoms with Gasteiger partial charge in [-0.2, -0.15) is 5.10 Å². The van der Waals surface area contributed by atoms with Crippen molar-refractivity contribution < 1.29 is 14.0 Å². The van der Waals surface area contributed by atoms with Crippen molar-refractivity contribution in [2.45, 2.75) is 44.6 Å². The van der Waals surface area contributed by atoms with E-state index < -0.39 is 5.91 Å². The van der Waals surface area contributed by atoms with Gasteiger partial charge < -0.3 is 9.73 Å². The number of hydrogen-bond donors (Lipinski definition) is 2. The molecular weight excluding hydrogens is 401 g/mol. The fourth-order valence-corrected chi connectivity index (χ4v) is 3.40. The molecule has 2 aromatic rings. The zero-order valence-electron chi connectivity index (χ0n) is 15.2. The van der Waals surface area contributed by atoms with E-state index in [9.17, 15) is 9.59 Å². The fourth-order valence-electron chi connectivity index (χ4n) is 3.11. The summed E-state index contributed by atoms with van der Waals surface area (Å²) in [6, 6.07) is 8.84. The van der Waals surface area contributed by atoms with E-state index in [0.29, 0.717) is 21.6 Å². The summed E-state index contributed by atoms with van der Waals surface area (Å²) >= 11 is 11.9. The zero-order valence-corrected chi connectivity index (χ0v) is 16.7. The Morgan fingerprint density at radius 2 is 1.86 bits per heavy atom. The third kappa shape index (κ3) is 5.84. The largest absolute Gasteiger partial charge is 0.455 e. The Morgan fingerprint density at radius 1 is 1.07 bits per heavy atom. The van der Waals surface area contributed by atoms with Crippen LogP contribution in [0.25, 0.3) is 11.3 Å². The Morgan fingerprint density at radius 3 is 2.61 bits per heavy atom. The summed E-state index contributed by atoms with van der Waals surface area (Å²) in [4.78, 5) is 23.7. The number of hydrazone groups is 1. The first-order chi connectivity index (χ1) is 13.5. The van der Waals surface area contributed by atoms with Gasteiger partial charge in [0, 0.05) is 11.6 Å². The van der Waals surface area contributed by atoms with Crippen molar-refractivity contribution in [3.8, 4) is 11.3 Å². The summed E-state index contributed by atoms with van der Waals surface area (Å²) in [5.41, 5.74) is 3.11. The highest BCUT2D eigenvalue weighted by Crippen LogP contribution is 2.29. The van der Waals surface area contributed by atoms with E-state index in [0.717, 1.165) is 31.2 Å². The van der Waals surface area contributed by atoms with Crippen LogP contribution in [0.5, 0.6) is 0 Å². The van der Waals surface area contributed by atoms with E-state index in [1.807, 2.05) is 0 Å². The van der Waals surface area contributed by atoms with E-state index >= 15 is 0 Å². The third-order valence-corrected chi connectivity index (χ3v) is 5.24. The summed E-state index contributed by atoms with van der Waals surface area (Å²) < 4.78 is 5.65. The maximum atomic E-state index is 11.9. The van der Waals surface area contributed by atoms with Gasteiger partial charge in [-0.15, -0.1) is 0 Å². The molecule has 0 saturated heterocycles. The number of nitrogens with one attached hydrogen (secondary N) is 2. The Hall–Kier alpha value is -2.31. The van der Waals surface area contributed by atoms with Gasteiger partial charge >= 0.3 is 0 Å². The second kappa shape index (κ2) is 9.75. The maximum Gasteiger partial charge on any atom is 0.249 e. The van der Waals surface area contributed by atoms with Gasteiger partial charge in [0.05, 0.1) is 16.3 Å². The minimum absolute atomic E-state index is 0.181. The molecule has 148 valence electrons. The van der Waals surface area contributed by atoms with E-state index in [1.54, 1.807) is 30.3 Å². The molecule has 28 heavy (non-hydrogen) atoms. The van der Waals surface area contributed by atoms with Crippen molar-refractivity contribution in [3.63, 3.8) is 0 Å². The van der Waals surface area contributed by atoms with Crippen LogP contribution in [0.2, 0.25) is 10.0 Å². The van der Waals surface area contributed by atoms with Gasteiger partial charge in [-0.3, -0.25) is 9.59 Å². The highest BCUT2D eigenvalue weighted by Gasteiger charge is 2.17. The Labute approximate surface area is 173 Å². The molecular formula is C20H21Cl2N3O3. The number of nitrogens with zero attached hydrogens (tertiary/aromatic N) is 1. The van der Waals surface area contributed by atoms with E-state index in [4.69, 9.17) is 27.6 Å². The van der Waals surface area contributed by atoms with Crippen LogP contribution >= 0.6 is 23.2 Å². The van der Waals surface area contributed by atoms with Crippen LogP contribution in [0.1, 0.15) is 44.3 Å². The van der Waals surface area contributed by atoms with Crippen molar-refractivity contribution >= 4 is 41.2 Å². The number of rotatable bonds is 6. The fraction of sp³-hybridized carbons (Fsp3) is 0.350. The van der Waals surface area contributed by atoms with Crippen LogP contribution in [-0.2, 0) is 9.59 Å². The molecule has 2 amide bonds. The average molecular weight is 422 g/mol. The molecule has 2 N–H and O–H groups in total. The van der Waals surface area contributed by atoms with E-state index in [1.165, 1.54) is 12.6 Å². The number of benzene rings is 1. The molecule has 1 heterocycles. The van der Waals surface area contributed by atoms with Gasteiger partial charge in [-0.25, -0.2) is 5.43 Å². The summed E-state index contributed by atoms with van der Waals surface area (Å²) in [6.07, 6.45) is 6.53. The third-order valence-electron chi connectivity index (χ3n) is 4.50. The van der Waals surface area contributed by atoms with Crippen molar-refractivity contribution in [1.82, 2.24) is 10.7 Å². The van der Waals surface area contributed by atoms with Crippen LogP contribution in [-0.4, -0.2) is 24.1 Å². The van der Waals surface area contributed by atoms with Gasteiger partial charge in [0.15, 0.2) is 0 Å². The smallest absolute Gasteiger partial charge is 0.249 e. The predicted octanol–water partition coefficient (Wildman–Crippen LogP) is 4.54. The minimum Gasteiger partial charge on any atom is -0.455 e. The highest BCUT2D eigenvalue weighted by molar-refractivity contribution is 6.42. The number of amides is 2. The van der Waals surface area contributed by atoms with Gasteiger partial charge in [-0.05, 0) is 43.2 Å². The molecule has 0 atom stereocenters. The Kier molecular flexibility index (Phi) is 7.12. The quantitative estimate of drug-likeness (QED) is 0.407. The molecule has 8 heteroatoms. The number of furan rings is 1. The molecule has 0 bridgehead atoms. The van der Waals surface area contributed by atoms with E-state index in [-0.39, 0.29) is 18.4 Å². The normalized spacial score (nSPS) is 14.9. The molecule has 1 aliphatic rings. The number of halogens is 2. The monoisotopic (exact) mass is 421 g/mol. The molecule has 0 radical (unpaired) electrons. The van der Waals surface area contributed by atoms with Crippen LogP contribution in [0.15, 0.2) is 39.9 Å². The first-order valence-electron chi connectivity index (χ1n) is 9.18. The second-order valence-corrected chi connectivity index (χ2v) is 7.52. The van der Waals surface area contributed by atoms with Crippen molar-refractivity contribution in [2.24, 2.45) is 5.10 Å². The SMILES string of the molecule is O=C(CC(=O)NC1CCCCC1)N/N=C\c1ccc(-c2ccc(Cl)c(Cl)c2)o1. The molecule has 1 saturated carbocycles. The van der Waals surface area contributed by atoms with Gasteiger partial charge in [-0.1, -0.05) is 42.5 Å². The molecule has 1 fully saturated rings. The lowest BCUT2D eigenvalue weighted by Crippen LogP contribution is -2.38. The predicted molar refractivity (Wildman–Crippen MR) is 110 cm³/mol. The van der Waals surface area contributed by atoms with Crippen LogP contribution in [0.3, 0.4) is 0 Å². The van der Waals surface area contributed by atoms with E-state index in [2.05, 4.69) is 15.8 Å². The Bertz CT molecular complexity index is 873. The highest BCUT2D eigenvalue weighted by atomic mass is 35.5. The van der Waals surface area contributed by atoms with Gasteiger partial charge in [0.1, 0.15) is 17.9 Å². The summed E-state index contributed by atoms with van der Waals surface area (Å²) in [6.45, 7) is 0. The van der Waals surface area contributed by atoms with Gasteiger partial charge in [0.25, 0.3) is 0 Å². The lowest BCUT2D eigenvalue weighted by Gasteiger charge is -2.22. The minimum atomic E-state index is -0.471. The van der Waals surface area contributed by atoms with Crippen molar-refractivity contribution in [3.05, 3.63) is 46.1 Å². The number of hydrogen-bond acceptors (Lipinski definition) is 4. The Balaban J connectivity index is 1.47. The number of carbonyl (C=O) groups is 2. The maximum absolute atomic E-state index is 11.9. The zero-order chi connectivity index (χ0) is 19.9. The van der Waals surface area contributed by atoms with Crippen LogP contribution in [0, 0.1) is 0 Å². The van der Waals surface area contributed by atoms with Crippen LogP contribution in [0.4, 0.5) is 0 Å². The molecule has 0 aliphatic heterocycles. The average Bonchev–Trinajstić information content (AvgIpc) is 3.13. The lowest BCUT2D eigenvalue weighted by molar-refractivity contribution is -0.129. The topological polar surface area (TPSA) is 83.7 Å².